The number of carbonyl (C=O) groups is 2. The summed E-state index contributed by atoms with van der Waals surface area (Å²) in [5, 5.41) is 6.12. The lowest BCUT2D eigenvalue weighted by Crippen LogP contribution is -2.06. The molecule has 0 aliphatic rings. The first-order valence-electron chi connectivity index (χ1n) is 25.0. The van der Waals surface area contributed by atoms with Crippen LogP contribution in [0, 0.1) is 0 Å². The zero-order valence-corrected chi connectivity index (χ0v) is 40.3. The lowest BCUT2D eigenvalue weighted by atomic mass is 9.93. The first kappa shape index (κ1) is 52.0. The van der Waals surface area contributed by atoms with Crippen LogP contribution < -0.4 is 28.4 Å². The molecule has 0 heterocycles. The second-order valence-electron chi connectivity index (χ2n) is 16.7. The van der Waals surface area contributed by atoms with Crippen molar-refractivity contribution in [2.24, 2.45) is 0 Å². The summed E-state index contributed by atoms with van der Waals surface area (Å²) in [5.74, 6) is 3.96. The summed E-state index contributed by atoms with van der Waals surface area (Å²) in [6, 6.07) is 12.9. The van der Waals surface area contributed by atoms with Gasteiger partial charge in [0, 0.05) is 12.8 Å². The van der Waals surface area contributed by atoms with E-state index < -0.39 is 0 Å². The average molecular weight is 889 g/mol. The van der Waals surface area contributed by atoms with Crippen molar-refractivity contribution >= 4 is 44.3 Å². The van der Waals surface area contributed by atoms with E-state index in [2.05, 4.69) is 64.1 Å². The molecule has 0 amide bonds. The van der Waals surface area contributed by atoms with Crippen LogP contribution in [0.2, 0.25) is 0 Å². The number of hydrogen-bond donors (Lipinski definition) is 0. The third-order valence-corrected chi connectivity index (χ3v) is 11.3. The van der Waals surface area contributed by atoms with Crippen molar-refractivity contribution in [3.63, 3.8) is 0 Å². The summed E-state index contributed by atoms with van der Waals surface area (Å²) in [7, 11) is 0. The maximum atomic E-state index is 11.9. The number of rotatable bonds is 36. The van der Waals surface area contributed by atoms with Crippen molar-refractivity contribution in [1.29, 1.82) is 0 Å². The first-order chi connectivity index (χ1) is 31.4. The number of esters is 2. The quantitative estimate of drug-likeness (QED) is 0.0249. The molecule has 4 aromatic carbocycles. The van der Waals surface area contributed by atoms with Crippen molar-refractivity contribution < 1.29 is 47.5 Å². The minimum Gasteiger partial charge on any atom is -0.490 e. The molecule has 0 spiro atoms. The Labute approximate surface area is 384 Å². The third-order valence-electron chi connectivity index (χ3n) is 11.3. The molecule has 4 rings (SSSR count). The van der Waals surface area contributed by atoms with Gasteiger partial charge in [-0.15, -0.1) is 0 Å². The summed E-state index contributed by atoms with van der Waals surface area (Å²) in [6.45, 7) is 16.6. The second-order valence-corrected chi connectivity index (χ2v) is 16.7. The van der Waals surface area contributed by atoms with Gasteiger partial charge in [-0.2, -0.15) is 0 Å². The molecule has 0 N–H and O–H groups in total. The SMILES string of the molecule is CCCCCOc1cc2c(cc1OCCCCC)c1cc(OCCCCCC(=O)OCC)c(OCCCCC)cc1c1cc(OCCCCC)c(OCCCCCC(=O)OCC)cc21. The van der Waals surface area contributed by atoms with E-state index in [0.717, 1.165) is 159 Å². The van der Waals surface area contributed by atoms with Crippen LogP contribution in [0.4, 0.5) is 0 Å². The molecule has 0 bridgehead atoms. The molecule has 0 atom stereocenters. The largest absolute Gasteiger partial charge is 0.490 e. The van der Waals surface area contributed by atoms with Crippen LogP contribution in [0.25, 0.3) is 32.3 Å². The third kappa shape index (κ3) is 17.1. The average Bonchev–Trinajstić information content (AvgIpc) is 3.29. The van der Waals surface area contributed by atoms with Gasteiger partial charge in [-0.3, -0.25) is 9.59 Å². The number of benzene rings is 4. The van der Waals surface area contributed by atoms with E-state index in [1.165, 1.54) is 0 Å². The van der Waals surface area contributed by atoms with Gasteiger partial charge in [-0.25, -0.2) is 0 Å². The normalized spacial score (nSPS) is 11.3. The Hall–Kier alpha value is -4.60. The van der Waals surface area contributed by atoms with Crippen molar-refractivity contribution in [3.05, 3.63) is 36.4 Å². The van der Waals surface area contributed by atoms with Gasteiger partial charge in [0.15, 0.2) is 34.5 Å². The number of carbonyl (C=O) groups excluding carboxylic acids is 2. The minimum absolute atomic E-state index is 0.154. The molecule has 0 aliphatic carbocycles. The van der Waals surface area contributed by atoms with Crippen LogP contribution in [-0.2, 0) is 19.1 Å². The maximum Gasteiger partial charge on any atom is 0.305 e. The highest BCUT2D eigenvalue weighted by Gasteiger charge is 2.21. The molecule has 10 heteroatoms. The van der Waals surface area contributed by atoms with Gasteiger partial charge in [0.05, 0.1) is 52.9 Å². The molecule has 0 fully saturated rings. The second kappa shape index (κ2) is 30.5. The number of unbranched alkanes of at least 4 members (excludes halogenated alkanes) is 12. The number of fused-ring (bicyclic) bond motifs is 6. The van der Waals surface area contributed by atoms with Crippen molar-refractivity contribution in [1.82, 2.24) is 0 Å². The van der Waals surface area contributed by atoms with Gasteiger partial charge >= 0.3 is 11.9 Å². The van der Waals surface area contributed by atoms with Gasteiger partial charge in [0.1, 0.15) is 0 Å². The molecule has 0 aromatic heterocycles. The fraction of sp³-hybridized carbons (Fsp3) is 0.630. The fourth-order valence-electron chi connectivity index (χ4n) is 7.76. The highest BCUT2D eigenvalue weighted by molar-refractivity contribution is 6.26. The smallest absolute Gasteiger partial charge is 0.305 e. The highest BCUT2D eigenvalue weighted by atomic mass is 16.5. The van der Waals surface area contributed by atoms with Gasteiger partial charge in [0.2, 0.25) is 0 Å². The Morgan fingerprint density at radius 2 is 0.531 bits per heavy atom. The minimum atomic E-state index is -0.154. The van der Waals surface area contributed by atoms with E-state index in [-0.39, 0.29) is 11.9 Å². The van der Waals surface area contributed by atoms with Crippen LogP contribution in [-0.4, -0.2) is 64.8 Å². The van der Waals surface area contributed by atoms with Crippen molar-refractivity contribution in [2.45, 2.75) is 170 Å². The molecule has 0 saturated heterocycles. The van der Waals surface area contributed by atoms with Crippen LogP contribution in [0.15, 0.2) is 36.4 Å². The molecule has 10 nitrogen and oxygen atoms in total. The van der Waals surface area contributed by atoms with Crippen LogP contribution >= 0.6 is 0 Å². The molecular formula is C54H80O10. The molecule has 64 heavy (non-hydrogen) atoms. The molecule has 0 unspecified atom stereocenters. The Kier molecular flexibility index (Phi) is 24.8. The van der Waals surface area contributed by atoms with E-state index >= 15 is 0 Å². The Bertz CT molecular complexity index is 1810. The number of ether oxygens (including phenoxy) is 8. The van der Waals surface area contributed by atoms with Gasteiger partial charge in [-0.1, -0.05) is 79.1 Å². The molecule has 0 radical (unpaired) electrons. The van der Waals surface area contributed by atoms with Crippen LogP contribution in [0.1, 0.15) is 170 Å². The van der Waals surface area contributed by atoms with Crippen molar-refractivity contribution in [2.75, 3.05) is 52.9 Å². The summed E-state index contributed by atoms with van der Waals surface area (Å²) >= 11 is 0. The fourth-order valence-corrected chi connectivity index (χ4v) is 7.76. The molecule has 0 saturated carbocycles. The maximum absolute atomic E-state index is 11.9. The summed E-state index contributed by atoms with van der Waals surface area (Å²) in [6.07, 6.45) is 18.2. The standard InChI is InChI=1S/C54H80O10/c1-7-13-21-29-59-47-35-41-42(36-48(47)60-30-22-14-8-2)46-40-52(64-34-26-18-20-28-54(56)58-12-6)50(62-32-24-16-10-4)38-44(46)43-37-49(61-31-23-15-9-3)51(39-45(41)43)63-33-25-17-19-27-53(55)57-11-5/h35-40H,7-34H2,1-6H3. The summed E-state index contributed by atoms with van der Waals surface area (Å²) in [4.78, 5) is 23.9. The van der Waals surface area contributed by atoms with E-state index in [0.29, 0.717) is 88.7 Å². The van der Waals surface area contributed by atoms with Crippen molar-refractivity contribution in [3.8, 4) is 34.5 Å². The molecule has 0 aliphatic heterocycles. The van der Waals surface area contributed by atoms with Gasteiger partial charge in [0.25, 0.3) is 0 Å². The van der Waals surface area contributed by atoms with Gasteiger partial charge in [-0.05, 0) is 147 Å². The van der Waals surface area contributed by atoms with E-state index in [4.69, 9.17) is 37.9 Å². The number of hydrogen-bond acceptors (Lipinski definition) is 10. The first-order valence-corrected chi connectivity index (χ1v) is 25.0. The Balaban J connectivity index is 1.88. The van der Waals surface area contributed by atoms with Crippen LogP contribution in [0.3, 0.4) is 0 Å². The highest BCUT2D eigenvalue weighted by Crippen LogP contribution is 2.47. The van der Waals surface area contributed by atoms with E-state index in [9.17, 15) is 9.59 Å². The molecule has 356 valence electrons. The zero-order chi connectivity index (χ0) is 45.8. The molecule has 4 aromatic rings. The topological polar surface area (TPSA) is 108 Å². The summed E-state index contributed by atoms with van der Waals surface area (Å²) < 4.78 is 49.7. The Morgan fingerprint density at radius 1 is 0.312 bits per heavy atom. The van der Waals surface area contributed by atoms with E-state index in [1.807, 2.05) is 13.8 Å². The van der Waals surface area contributed by atoms with Crippen LogP contribution in [0.5, 0.6) is 34.5 Å². The van der Waals surface area contributed by atoms with E-state index in [1.54, 1.807) is 0 Å². The predicted molar refractivity (Wildman–Crippen MR) is 260 cm³/mol. The lowest BCUT2D eigenvalue weighted by molar-refractivity contribution is -0.144. The predicted octanol–water partition coefficient (Wildman–Crippen LogP) is 14.4. The Morgan fingerprint density at radius 3 is 0.734 bits per heavy atom. The zero-order valence-electron chi connectivity index (χ0n) is 40.3. The lowest BCUT2D eigenvalue weighted by Gasteiger charge is -2.21. The molecular weight excluding hydrogens is 809 g/mol. The van der Waals surface area contributed by atoms with Gasteiger partial charge < -0.3 is 37.9 Å². The monoisotopic (exact) mass is 889 g/mol. The summed E-state index contributed by atoms with van der Waals surface area (Å²) in [5.41, 5.74) is 0.